The van der Waals surface area contributed by atoms with Crippen molar-refractivity contribution in [3.05, 3.63) is 380 Å². The maximum absolute atomic E-state index is 2.31. The molecule has 17 aromatic carbocycles. The third-order valence-electron chi connectivity index (χ3n) is 19.1. The largest absolute Gasteiger partial charge is 0.311 e. The maximum atomic E-state index is 2.31. The van der Waals surface area contributed by atoms with E-state index in [9.17, 15) is 0 Å². The quantitative estimate of drug-likeness (QED) is 0.130. The molecule has 1 nitrogen and oxygen atoms in total. The van der Waals surface area contributed by atoms with Gasteiger partial charge in [0, 0.05) is 17.1 Å². The van der Waals surface area contributed by atoms with Crippen LogP contribution in [-0.4, -0.2) is 0 Å². The average molecular weight is 1230 g/mol. The number of anilines is 3. The van der Waals surface area contributed by atoms with Crippen LogP contribution in [0, 0.1) is 34.6 Å². The summed E-state index contributed by atoms with van der Waals surface area (Å²) < 4.78 is 0. The summed E-state index contributed by atoms with van der Waals surface area (Å²) in [5, 5.41) is 15.7. The number of aryl methyl sites for hydroxylation is 5. The van der Waals surface area contributed by atoms with Gasteiger partial charge in [0.25, 0.3) is 0 Å². The molecular formula is C95H73N. The fourth-order valence-electron chi connectivity index (χ4n) is 14.7. The molecule has 0 saturated carbocycles. The Labute approximate surface area is 564 Å². The van der Waals surface area contributed by atoms with Crippen molar-refractivity contribution in [1.29, 1.82) is 0 Å². The lowest BCUT2D eigenvalue weighted by Crippen LogP contribution is -2.09. The summed E-state index contributed by atoms with van der Waals surface area (Å²) >= 11 is 0. The molecule has 0 aliphatic rings. The highest BCUT2D eigenvalue weighted by Crippen LogP contribution is 2.49. The van der Waals surface area contributed by atoms with E-state index in [2.05, 4.69) is 391 Å². The smallest absolute Gasteiger partial charge is 0.0462 e. The van der Waals surface area contributed by atoms with E-state index in [1.165, 1.54) is 159 Å². The molecule has 1 heteroatoms. The number of fused-ring (bicyclic) bond motifs is 6. The first-order valence-corrected chi connectivity index (χ1v) is 33.4. The topological polar surface area (TPSA) is 3.24 Å². The van der Waals surface area contributed by atoms with Crippen molar-refractivity contribution in [3.63, 3.8) is 0 Å². The van der Waals surface area contributed by atoms with Crippen LogP contribution in [0.5, 0.6) is 0 Å². The van der Waals surface area contributed by atoms with Crippen LogP contribution < -0.4 is 4.90 Å². The molecule has 0 unspecified atom stereocenters. The predicted molar refractivity (Wildman–Crippen MR) is 415 cm³/mol. The highest BCUT2D eigenvalue weighted by atomic mass is 15.1. The molecule has 458 valence electrons. The Bertz CT molecular complexity index is 5590. The Morgan fingerprint density at radius 3 is 0.667 bits per heavy atom. The Morgan fingerprint density at radius 1 is 0.156 bits per heavy atom. The van der Waals surface area contributed by atoms with Gasteiger partial charge in [0.05, 0.1) is 0 Å². The molecule has 0 fully saturated rings. The lowest BCUT2D eigenvalue weighted by atomic mass is 9.84. The van der Waals surface area contributed by atoms with E-state index < -0.39 is 0 Å². The molecule has 0 atom stereocenters. The molecule has 96 heavy (non-hydrogen) atoms. The molecule has 0 amide bonds. The van der Waals surface area contributed by atoms with Gasteiger partial charge < -0.3 is 4.90 Å². The summed E-state index contributed by atoms with van der Waals surface area (Å²) in [5.41, 5.74) is 25.4. The van der Waals surface area contributed by atoms with Crippen LogP contribution in [0.4, 0.5) is 17.1 Å². The Morgan fingerprint density at radius 2 is 0.365 bits per heavy atom. The summed E-state index contributed by atoms with van der Waals surface area (Å²) in [5.74, 6) is 0. The highest BCUT2D eigenvalue weighted by molar-refractivity contribution is 6.25. The second-order valence-electron chi connectivity index (χ2n) is 25.3. The Balaban J connectivity index is 0.000000121. The summed E-state index contributed by atoms with van der Waals surface area (Å²) in [4.78, 5) is 2.31. The molecule has 0 bridgehead atoms. The van der Waals surface area contributed by atoms with Crippen molar-refractivity contribution >= 4 is 81.7 Å². The second kappa shape index (κ2) is 26.6. The van der Waals surface area contributed by atoms with Gasteiger partial charge in [0.1, 0.15) is 0 Å². The Kier molecular flexibility index (Phi) is 16.7. The van der Waals surface area contributed by atoms with Gasteiger partial charge in [-0.15, -0.1) is 0 Å². The van der Waals surface area contributed by atoms with Crippen LogP contribution in [-0.2, 0) is 0 Å². The summed E-state index contributed by atoms with van der Waals surface area (Å²) in [6.45, 7) is 11.0. The molecule has 0 radical (unpaired) electrons. The fourth-order valence-corrected chi connectivity index (χ4v) is 14.7. The number of nitrogens with zero attached hydrogens (tertiary/aromatic N) is 1. The molecule has 0 saturated heterocycles. The molecule has 17 rings (SSSR count). The SMILES string of the molecule is Cc1ccc(-c2c3ccccc3c(-c3ccc(C)cc3)c3c(C)cccc23)cc1.Cc1cccc2c(-c3ccc(N(c4ccccc4)c4ccccc4)cc3)c3ccccc3c(-c3ccccc3)c12.Cc1cccc2c(-c3ccccc3)c3ccccc3c(-c3ccccc3)c12. The maximum Gasteiger partial charge on any atom is 0.0462 e. The van der Waals surface area contributed by atoms with Gasteiger partial charge in [-0.3, -0.25) is 0 Å². The minimum atomic E-state index is 1.13. The van der Waals surface area contributed by atoms with Gasteiger partial charge in [-0.1, -0.05) is 327 Å². The van der Waals surface area contributed by atoms with Gasteiger partial charge >= 0.3 is 0 Å². The summed E-state index contributed by atoms with van der Waals surface area (Å²) in [6.07, 6.45) is 0. The number of hydrogen-bond acceptors (Lipinski definition) is 1. The zero-order valence-electron chi connectivity index (χ0n) is 54.9. The molecule has 0 aromatic heterocycles. The molecule has 0 aliphatic heterocycles. The van der Waals surface area contributed by atoms with Crippen LogP contribution in [0.2, 0.25) is 0 Å². The highest BCUT2D eigenvalue weighted by Gasteiger charge is 2.22. The zero-order valence-corrected chi connectivity index (χ0v) is 54.9. The lowest BCUT2D eigenvalue weighted by molar-refractivity contribution is 1.28. The first-order valence-electron chi connectivity index (χ1n) is 33.4. The zero-order chi connectivity index (χ0) is 65.1. The number of para-hydroxylation sites is 2. The van der Waals surface area contributed by atoms with E-state index in [0.29, 0.717) is 0 Å². The number of rotatable bonds is 9. The van der Waals surface area contributed by atoms with Crippen LogP contribution in [0.25, 0.3) is 131 Å². The van der Waals surface area contributed by atoms with Crippen LogP contribution in [0.15, 0.2) is 352 Å². The minimum absolute atomic E-state index is 1.13. The van der Waals surface area contributed by atoms with Gasteiger partial charge in [-0.2, -0.15) is 0 Å². The molecule has 0 aliphatic carbocycles. The van der Waals surface area contributed by atoms with Crippen molar-refractivity contribution in [2.24, 2.45) is 0 Å². The van der Waals surface area contributed by atoms with E-state index in [0.717, 1.165) is 17.1 Å². The average Bonchev–Trinajstić information content (AvgIpc) is 0.750. The fraction of sp³-hybridized carbons (Fsp3) is 0.0526. The number of benzene rings is 17. The van der Waals surface area contributed by atoms with Crippen molar-refractivity contribution < 1.29 is 0 Å². The third-order valence-corrected chi connectivity index (χ3v) is 19.1. The van der Waals surface area contributed by atoms with Crippen molar-refractivity contribution in [3.8, 4) is 66.8 Å². The molecule has 0 N–H and O–H groups in total. The van der Waals surface area contributed by atoms with Crippen LogP contribution in [0.3, 0.4) is 0 Å². The van der Waals surface area contributed by atoms with Gasteiger partial charge in [0.2, 0.25) is 0 Å². The molecular weight excluding hydrogens is 1160 g/mol. The van der Waals surface area contributed by atoms with Crippen molar-refractivity contribution in [1.82, 2.24) is 0 Å². The van der Waals surface area contributed by atoms with E-state index >= 15 is 0 Å². The summed E-state index contributed by atoms with van der Waals surface area (Å²) in [7, 11) is 0. The molecule has 17 aromatic rings. The first kappa shape index (κ1) is 60.3. The first-order chi connectivity index (χ1) is 47.3. The minimum Gasteiger partial charge on any atom is -0.311 e. The van der Waals surface area contributed by atoms with E-state index in [1.54, 1.807) is 0 Å². The predicted octanol–water partition coefficient (Wildman–Crippen LogP) is 27.0. The van der Waals surface area contributed by atoms with Crippen LogP contribution >= 0.6 is 0 Å². The van der Waals surface area contributed by atoms with E-state index in [1.807, 2.05) is 0 Å². The standard InChI is InChI=1S/C39H29N.C29H24.C27H20/c1-28-14-13-23-36-37(28)39(29-15-5-2-6-16-29)35-22-12-11-21-34(35)38(36)30-24-26-33(27-25-30)40(31-17-7-3-8-18-31)32-19-9-4-10-20-32;1-19-11-15-22(16-12-19)28-24-8-4-5-9-25(24)29(23-17-13-20(2)14-18-23)27-21(3)7-6-10-26(27)28;1-19-11-10-18-24-25(19)27(21-14-6-3-7-15-21)23-17-9-8-16-22(23)26(24)20-12-4-2-5-13-20/h2-27H,1H3;4-18H,1-3H3;2-18H,1H3. The van der Waals surface area contributed by atoms with Gasteiger partial charge in [-0.05, 0) is 219 Å². The lowest BCUT2D eigenvalue weighted by Gasteiger charge is -2.26. The van der Waals surface area contributed by atoms with Gasteiger partial charge in [0.15, 0.2) is 0 Å². The normalized spacial score (nSPS) is 11.2. The van der Waals surface area contributed by atoms with Crippen molar-refractivity contribution in [2.45, 2.75) is 34.6 Å². The van der Waals surface area contributed by atoms with Crippen LogP contribution in [0.1, 0.15) is 27.8 Å². The monoisotopic (exact) mass is 1230 g/mol. The molecule has 0 spiro atoms. The molecule has 0 heterocycles. The number of hydrogen-bond donors (Lipinski definition) is 0. The second-order valence-corrected chi connectivity index (χ2v) is 25.3. The summed E-state index contributed by atoms with van der Waals surface area (Å²) in [6, 6.07) is 127. The Hall–Kier alpha value is -11.9. The van der Waals surface area contributed by atoms with E-state index in [-0.39, 0.29) is 0 Å². The van der Waals surface area contributed by atoms with E-state index in [4.69, 9.17) is 0 Å². The van der Waals surface area contributed by atoms with Gasteiger partial charge in [-0.25, -0.2) is 0 Å². The van der Waals surface area contributed by atoms with Crippen molar-refractivity contribution in [2.75, 3.05) is 4.90 Å². The third kappa shape index (κ3) is 11.5.